The third kappa shape index (κ3) is 4.07. The lowest BCUT2D eigenvalue weighted by Crippen LogP contribution is -2.39. The molecule has 1 N–H and O–H groups in total. The SMILES string of the molecule is O=C(C[C@@H]1COC[C@H]2CN(C3CCOCC3)C[C@@H]12)NCc1ccco1. The van der Waals surface area contributed by atoms with E-state index in [1.54, 1.807) is 6.26 Å². The Morgan fingerprint density at radius 3 is 2.88 bits per heavy atom. The Balaban J connectivity index is 1.30. The largest absolute Gasteiger partial charge is 0.467 e. The van der Waals surface area contributed by atoms with Gasteiger partial charge in [-0.1, -0.05) is 0 Å². The Morgan fingerprint density at radius 2 is 2.08 bits per heavy atom. The molecule has 1 aromatic rings. The van der Waals surface area contributed by atoms with E-state index in [9.17, 15) is 4.79 Å². The van der Waals surface area contributed by atoms with Crippen LogP contribution >= 0.6 is 0 Å². The van der Waals surface area contributed by atoms with Gasteiger partial charge in [-0.05, 0) is 42.7 Å². The lowest BCUT2D eigenvalue weighted by Gasteiger charge is -2.33. The summed E-state index contributed by atoms with van der Waals surface area (Å²) < 4.78 is 16.6. The van der Waals surface area contributed by atoms with Crippen molar-refractivity contribution in [2.75, 3.05) is 39.5 Å². The predicted molar refractivity (Wildman–Crippen MR) is 91.9 cm³/mol. The number of likely N-dealkylation sites (tertiary alicyclic amines) is 1. The van der Waals surface area contributed by atoms with Gasteiger partial charge in [0.2, 0.25) is 5.91 Å². The summed E-state index contributed by atoms with van der Waals surface area (Å²) >= 11 is 0. The van der Waals surface area contributed by atoms with Crippen molar-refractivity contribution in [3.8, 4) is 0 Å². The highest BCUT2D eigenvalue weighted by molar-refractivity contribution is 5.76. The maximum atomic E-state index is 12.3. The second kappa shape index (κ2) is 7.89. The molecular weight excluding hydrogens is 320 g/mol. The van der Waals surface area contributed by atoms with Gasteiger partial charge < -0.3 is 19.2 Å². The highest BCUT2D eigenvalue weighted by Crippen LogP contribution is 2.37. The average molecular weight is 348 g/mol. The number of ether oxygens (including phenoxy) is 2. The van der Waals surface area contributed by atoms with Gasteiger partial charge >= 0.3 is 0 Å². The molecule has 1 amide bonds. The van der Waals surface area contributed by atoms with Crippen molar-refractivity contribution in [1.29, 1.82) is 0 Å². The molecule has 0 aromatic carbocycles. The number of fused-ring (bicyclic) bond motifs is 1. The quantitative estimate of drug-likeness (QED) is 0.877. The Bertz CT molecular complexity index is 556. The van der Waals surface area contributed by atoms with Gasteiger partial charge in [0.1, 0.15) is 5.76 Å². The van der Waals surface area contributed by atoms with Crippen molar-refractivity contribution < 1.29 is 18.7 Å². The van der Waals surface area contributed by atoms with Crippen molar-refractivity contribution in [3.63, 3.8) is 0 Å². The predicted octanol–water partition coefficient (Wildman–Crippen LogP) is 1.66. The van der Waals surface area contributed by atoms with Crippen molar-refractivity contribution in [2.24, 2.45) is 17.8 Å². The monoisotopic (exact) mass is 348 g/mol. The number of amides is 1. The van der Waals surface area contributed by atoms with Crippen LogP contribution < -0.4 is 5.32 Å². The number of nitrogens with zero attached hydrogens (tertiary/aromatic N) is 1. The minimum Gasteiger partial charge on any atom is -0.467 e. The second-order valence-electron chi connectivity index (χ2n) is 7.58. The molecule has 1 aromatic heterocycles. The van der Waals surface area contributed by atoms with Gasteiger partial charge in [-0.15, -0.1) is 0 Å². The van der Waals surface area contributed by atoms with E-state index in [0.717, 1.165) is 51.5 Å². The number of hydrogen-bond acceptors (Lipinski definition) is 5. The Kier molecular flexibility index (Phi) is 5.39. The van der Waals surface area contributed by atoms with E-state index in [1.807, 2.05) is 12.1 Å². The van der Waals surface area contributed by atoms with E-state index in [-0.39, 0.29) is 5.91 Å². The topological polar surface area (TPSA) is 63.9 Å². The summed E-state index contributed by atoms with van der Waals surface area (Å²) in [6.45, 7) is 5.99. The molecule has 4 rings (SSSR count). The molecule has 3 aliphatic heterocycles. The highest BCUT2D eigenvalue weighted by atomic mass is 16.5. The number of nitrogens with one attached hydrogen (secondary N) is 1. The molecule has 6 heteroatoms. The normalized spacial score (nSPS) is 31.0. The van der Waals surface area contributed by atoms with Crippen molar-refractivity contribution >= 4 is 5.91 Å². The molecule has 0 aliphatic carbocycles. The molecule has 3 fully saturated rings. The average Bonchev–Trinajstić information content (AvgIpc) is 3.31. The first-order chi connectivity index (χ1) is 12.3. The van der Waals surface area contributed by atoms with Gasteiger partial charge in [0.15, 0.2) is 0 Å². The van der Waals surface area contributed by atoms with E-state index >= 15 is 0 Å². The van der Waals surface area contributed by atoms with Crippen LogP contribution in [0.2, 0.25) is 0 Å². The summed E-state index contributed by atoms with van der Waals surface area (Å²) in [5, 5.41) is 2.97. The van der Waals surface area contributed by atoms with Crippen LogP contribution in [0.5, 0.6) is 0 Å². The highest BCUT2D eigenvalue weighted by Gasteiger charge is 2.43. The second-order valence-corrected chi connectivity index (χ2v) is 7.58. The molecule has 138 valence electrons. The number of hydrogen-bond donors (Lipinski definition) is 1. The lowest BCUT2D eigenvalue weighted by molar-refractivity contribution is -0.124. The minimum atomic E-state index is 0.0927. The standard InChI is InChI=1S/C19H28N2O4/c22-19(20-9-17-2-1-5-25-17)8-14-12-24-13-15-10-21(11-18(14)15)16-3-6-23-7-4-16/h1-2,5,14-16,18H,3-4,6-13H2,(H,20,22)/t14-,15-,18+/m1/s1. The first-order valence-electron chi connectivity index (χ1n) is 9.48. The molecule has 6 nitrogen and oxygen atoms in total. The zero-order chi connectivity index (χ0) is 17.1. The van der Waals surface area contributed by atoms with Gasteiger partial charge in [-0.25, -0.2) is 0 Å². The van der Waals surface area contributed by atoms with E-state index in [1.165, 1.54) is 0 Å². The third-order valence-electron chi connectivity index (χ3n) is 5.98. The number of carbonyl (C=O) groups is 1. The smallest absolute Gasteiger partial charge is 0.220 e. The van der Waals surface area contributed by atoms with Crippen LogP contribution in [0.15, 0.2) is 22.8 Å². The zero-order valence-electron chi connectivity index (χ0n) is 14.7. The van der Waals surface area contributed by atoms with Gasteiger partial charge in [0.25, 0.3) is 0 Å². The summed E-state index contributed by atoms with van der Waals surface area (Å²) in [6.07, 6.45) is 4.44. The van der Waals surface area contributed by atoms with E-state index in [2.05, 4.69) is 10.2 Å². The van der Waals surface area contributed by atoms with E-state index in [4.69, 9.17) is 13.9 Å². The fraction of sp³-hybridized carbons (Fsp3) is 0.737. The summed E-state index contributed by atoms with van der Waals surface area (Å²) in [6, 6.07) is 4.36. The maximum Gasteiger partial charge on any atom is 0.220 e. The molecule has 0 spiro atoms. The zero-order valence-corrected chi connectivity index (χ0v) is 14.7. The van der Waals surface area contributed by atoms with Crippen LogP contribution in [-0.4, -0.2) is 56.4 Å². The first-order valence-corrected chi connectivity index (χ1v) is 9.48. The molecule has 25 heavy (non-hydrogen) atoms. The van der Waals surface area contributed by atoms with Gasteiger partial charge in [-0.2, -0.15) is 0 Å². The molecule has 0 unspecified atom stereocenters. The molecule has 0 bridgehead atoms. The fourth-order valence-electron chi connectivity index (χ4n) is 4.60. The van der Waals surface area contributed by atoms with Gasteiger partial charge in [0.05, 0.1) is 26.0 Å². The molecule has 0 saturated carbocycles. The number of rotatable bonds is 5. The van der Waals surface area contributed by atoms with Crippen LogP contribution in [0.4, 0.5) is 0 Å². The summed E-state index contributed by atoms with van der Waals surface area (Å²) in [4.78, 5) is 15.0. The molecular formula is C19H28N2O4. The molecule has 4 heterocycles. The van der Waals surface area contributed by atoms with Crippen LogP contribution in [0, 0.1) is 17.8 Å². The van der Waals surface area contributed by atoms with Crippen molar-refractivity contribution in [3.05, 3.63) is 24.2 Å². The summed E-state index contributed by atoms with van der Waals surface area (Å²) in [5.74, 6) is 2.35. The number of carbonyl (C=O) groups excluding carboxylic acids is 1. The Hall–Kier alpha value is -1.37. The maximum absolute atomic E-state index is 12.3. The first kappa shape index (κ1) is 17.1. The fourth-order valence-corrected chi connectivity index (χ4v) is 4.60. The molecule has 0 radical (unpaired) electrons. The molecule has 3 aliphatic rings. The summed E-state index contributed by atoms with van der Waals surface area (Å²) in [7, 11) is 0. The Labute approximate surface area is 148 Å². The van der Waals surface area contributed by atoms with Gasteiger partial charge in [-0.3, -0.25) is 9.69 Å². The minimum absolute atomic E-state index is 0.0927. The van der Waals surface area contributed by atoms with Crippen LogP contribution in [-0.2, 0) is 20.8 Å². The number of furan rings is 1. The summed E-state index contributed by atoms with van der Waals surface area (Å²) in [5.41, 5.74) is 0. The van der Waals surface area contributed by atoms with Crippen molar-refractivity contribution in [2.45, 2.75) is 31.8 Å². The van der Waals surface area contributed by atoms with Crippen molar-refractivity contribution in [1.82, 2.24) is 10.2 Å². The van der Waals surface area contributed by atoms with E-state index < -0.39 is 0 Å². The molecule has 3 atom stereocenters. The lowest BCUT2D eigenvalue weighted by atomic mass is 9.81. The van der Waals surface area contributed by atoms with Crippen LogP contribution in [0.25, 0.3) is 0 Å². The third-order valence-corrected chi connectivity index (χ3v) is 5.98. The Morgan fingerprint density at radius 1 is 1.20 bits per heavy atom. The van der Waals surface area contributed by atoms with E-state index in [0.29, 0.717) is 43.4 Å². The van der Waals surface area contributed by atoms with Gasteiger partial charge in [0, 0.05) is 38.8 Å². The molecule has 3 saturated heterocycles. The van der Waals surface area contributed by atoms with Crippen LogP contribution in [0.1, 0.15) is 25.0 Å². The van der Waals surface area contributed by atoms with Crippen LogP contribution in [0.3, 0.4) is 0 Å².